The van der Waals surface area contributed by atoms with E-state index in [-0.39, 0.29) is 6.10 Å². The number of fused-ring (bicyclic) bond motifs is 1. The topological polar surface area (TPSA) is 77.4 Å². The molecule has 1 aromatic carbocycles. The number of aliphatic hydroxyl groups excluding tert-OH is 2. The Morgan fingerprint density at radius 1 is 0.920 bits per heavy atom. The van der Waals surface area contributed by atoms with Gasteiger partial charge < -0.3 is 29.2 Å². The van der Waals surface area contributed by atoms with Gasteiger partial charge in [-0.05, 0) is 12.8 Å². The smallest absolute Gasteiger partial charge is 0.186 e. The molecule has 138 valence electrons. The van der Waals surface area contributed by atoms with E-state index in [1.807, 2.05) is 30.3 Å². The van der Waals surface area contributed by atoms with Crippen LogP contribution in [0.4, 0.5) is 0 Å². The lowest BCUT2D eigenvalue weighted by molar-refractivity contribution is -0.367. The number of hydrogen-bond acceptors (Lipinski definition) is 6. The highest BCUT2D eigenvalue weighted by atomic mass is 16.8. The van der Waals surface area contributed by atoms with Crippen LogP contribution >= 0.6 is 0 Å². The first-order chi connectivity index (χ1) is 12.2. The van der Waals surface area contributed by atoms with Crippen molar-refractivity contribution in [3.8, 4) is 0 Å². The maximum absolute atomic E-state index is 10.5. The molecule has 1 aliphatic carbocycles. The van der Waals surface area contributed by atoms with Crippen LogP contribution in [0.1, 0.15) is 44.0 Å². The summed E-state index contributed by atoms with van der Waals surface area (Å²) >= 11 is 0. The first kappa shape index (κ1) is 17.4. The number of rotatable bonds is 3. The Balaban J connectivity index is 1.40. The summed E-state index contributed by atoms with van der Waals surface area (Å²) in [5, 5.41) is 21.0. The molecule has 3 aliphatic rings. The monoisotopic (exact) mass is 350 g/mol. The lowest BCUT2D eigenvalue weighted by Crippen LogP contribution is -2.62. The van der Waals surface area contributed by atoms with Crippen molar-refractivity contribution in [3.63, 3.8) is 0 Å². The summed E-state index contributed by atoms with van der Waals surface area (Å²) in [5.41, 5.74) is 0.878. The highest BCUT2D eigenvalue weighted by molar-refractivity contribution is 5.16. The lowest BCUT2D eigenvalue weighted by atomic mass is 9.96. The normalized spacial score (nSPS) is 39.8. The molecule has 0 radical (unpaired) electrons. The second-order valence-electron chi connectivity index (χ2n) is 7.10. The van der Waals surface area contributed by atoms with Gasteiger partial charge >= 0.3 is 0 Å². The van der Waals surface area contributed by atoms with Gasteiger partial charge in [0.1, 0.15) is 24.4 Å². The molecule has 4 rings (SSSR count). The van der Waals surface area contributed by atoms with Crippen molar-refractivity contribution in [2.24, 2.45) is 0 Å². The minimum Gasteiger partial charge on any atom is -0.387 e. The molecular weight excluding hydrogens is 324 g/mol. The van der Waals surface area contributed by atoms with Crippen molar-refractivity contribution in [1.82, 2.24) is 0 Å². The lowest BCUT2D eigenvalue weighted by Gasteiger charge is -2.47. The molecule has 6 atom stereocenters. The standard InChI is InChI=1S/C19H26O6/c20-15-16(21)19(23-13-9-5-2-6-10-13)24-14-11-22-18(25-17(14)15)12-7-3-1-4-8-12/h1,3-4,7-8,13-21H,2,5-6,9-11H2/t14-,15-,16+,17-,18?,19+/m1/s1. The van der Waals surface area contributed by atoms with Gasteiger partial charge in [0, 0.05) is 5.56 Å². The van der Waals surface area contributed by atoms with Crippen LogP contribution < -0.4 is 0 Å². The molecule has 1 aromatic rings. The molecule has 2 N–H and O–H groups in total. The number of benzene rings is 1. The molecule has 2 aliphatic heterocycles. The quantitative estimate of drug-likeness (QED) is 0.867. The Hall–Kier alpha value is -1.02. The van der Waals surface area contributed by atoms with Gasteiger partial charge in [0.25, 0.3) is 0 Å². The van der Waals surface area contributed by atoms with Crippen molar-refractivity contribution >= 4 is 0 Å². The Bertz CT molecular complexity index is 544. The Morgan fingerprint density at radius 3 is 2.44 bits per heavy atom. The van der Waals surface area contributed by atoms with Crippen molar-refractivity contribution in [1.29, 1.82) is 0 Å². The third-order valence-corrected chi connectivity index (χ3v) is 5.28. The largest absolute Gasteiger partial charge is 0.387 e. The van der Waals surface area contributed by atoms with E-state index in [0.29, 0.717) is 6.61 Å². The minimum absolute atomic E-state index is 0.0830. The molecule has 2 saturated heterocycles. The highest BCUT2D eigenvalue weighted by Gasteiger charge is 2.49. The van der Waals surface area contributed by atoms with Gasteiger partial charge in [-0.2, -0.15) is 0 Å². The van der Waals surface area contributed by atoms with Gasteiger partial charge in [0.05, 0.1) is 12.7 Å². The van der Waals surface area contributed by atoms with Gasteiger partial charge in [-0.25, -0.2) is 0 Å². The van der Waals surface area contributed by atoms with Crippen LogP contribution in [0.2, 0.25) is 0 Å². The number of hydrogen-bond donors (Lipinski definition) is 2. The average Bonchev–Trinajstić information content (AvgIpc) is 2.67. The van der Waals surface area contributed by atoms with E-state index >= 15 is 0 Å². The molecule has 3 fully saturated rings. The maximum Gasteiger partial charge on any atom is 0.186 e. The maximum atomic E-state index is 10.5. The highest BCUT2D eigenvalue weighted by Crippen LogP contribution is 2.35. The van der Waals surface area contributed by atoms with Crippen molar-refractivity contribution in [3.05, 3.63) is 35.9 Å². The van der Waals surface area contributed by atoms with Crippen LogP contribution in [-0.4, -0.2) is 53.6 Å². The first-order valence-corrected chi connectivity index (χ1v) is 9.21. The van der Waals surface area contributed by atoms with E-state index in [1.54, 1.807) is 0 Å². The molecular formula is C19H26O6. The predicted octanol–water partition coefficient (Wildman–Crippen LogP) is 1.90. The van der Waals surface area contributed by atoms with Crippen LogP contribution in [0.5, 0.6) is 0 Å². The molecule has 2 heterocycles. The van der Waals surface area contributed by atoms with E-state index in [9.17, 15) is 10.2 Å². The summed E-state index contributed by atoms with van der Waals surface area (Å²) in [6.07, 6.45) is 0.833. The fourth-order valence-electron chi connectivity index (χ4n) is 3.86. The van der Waals surface area contributed by atoms with E-state index in [0.717, 1.165) is 31.2 Å². The van der Waals surface area contributed by atoms with Crippen molar-refractivity contribution in [2.45, 2.75) is 75.2 Å². The fourth-order valence-corrected chi connectivity index (χ4v) is 3.86. The van der Waals surface area contributed by atoms with Gasteiger partial charge in [-0.15, -0.1) is 0 Å². The molecule has 0 spiro atoms. The van der Waals surface area contributed by atoms with Crippen molar-refractivity contribution < 1.29 is 29.2 Å². The predicted molar refractivity (Wildman–Crippen MR) is 88.6 cm³/mol. The van der Waals surface area contributed by atoms with Crippen LogP contribution in [-0.2, 0) is 18.9 Å². The van der Waals surface area contributed by atoms with Crippen LogP contribution in [0, 0.1) is 0 Å². The third-order valence-electron chi connectivity index (χ3n) is 5.28. The van der Waals surface area contributed by atoms with Gasteiger partial charge in [-0.3, -0.25) is 0 Å². The molecule has 25 heavy (non-hydrogen) atoms. The third kappa shape index (κ3) is 3.74. The summed E-state index contributed by atoms with van der Waals surface area (Å²) in [5.74, 6) is 0. The van der Waals surface area contributed by atoms with Crippen LogP contribution in [0.3, 0.4) is 0 Å². The van der Waals surface area contributed by atoms with Gasteiger partial charge in [0.2, 0.25) is 0 Å². The molecule has 1 unspecified atom stereocenters. The Kier molecular flexibility index (Phi) is 5.36. The second-order valence-corrected chi connectivity index (χ2v) is 7.10. The number of ether oxygens (including phenoxy) is 4. The molecule has 0 aromatic heterocycles. The minimum atomic E-state index is -1.13. The molecule has 0 amide bonds. The number of aliphatic hydroxyl groups is 2. The molecule has 6 heteroatoms. The summed E-state index contributed by atoms with van der Waals surface area (Å²) in [7, 11) is 0. The average molecular weight is 350 g/mol. The Morgan fingerprint density at radius 2 is 1.68 bits per heavy atom. The second kappa shape index (κ2) is 7.70. The summed E-state index contributed by atoms with van der Waals surface area (Å²) in [6.45, 7) is 0.290. The summed E-state index contributed by atoms with van der Waals surface area (Å²) in [4.78, 5) is 0. The van der Waals surface area contributed by atoms with Crippen LogP contribution in [0.25, 0.3) is 0 Å². The summed E-state index contributed by atoms with van der Waals surface area (Å²) < 4.78 is 23.5. The zero-order valence-electron chi connectivity index (χ0n) is 14.2. The van der Waals surface area contributed by atoms with Gasteiger partial charge in [-0.1, -0.05) is 49.6 Å². The van der Waals surface area contributed by atoms with Crippen molar-refractivity contribution in [2.75, 3.05) is 6.61 Å². The molecule has 0 bridgehead atoms. The van der Waals surface area contributed by atoms with Crippen LogP contribution in [0.15, 0.2) is 30.3 Å². The first-order valence-electron chi connectivity index (χ1n) is 9.21. The summed E-state index contributed by atoms with van der Waals surface area (Å²) in [6, 6.07) is 9.55. The van der Waals surface area contributed by atoms with E-state index in [1.165, 1.54) is 6.42 Å². The van der Waals surface area contributed by atoms with E-state index in [2.05, 4.69) is 0 Å². The van der Waals surface area contributed by atoms with Gasteiger partial charge in [0.15, 0.2) is 12.6 Å². The molecule has 6 nitrogen and oxygen atoms in total. The SMILES string of the molecule is O[C@@H]1[C@@H](OC2CCCCC2)O[C@@H]2COC(c3ccccc3)O[C@H]2[C@@H]1O. The van der Waals surface area contributed by atoms with E-state index < -0.39 is 37.0 Å². The zero-order valence-corrected chi connectivity index (χ0v) is 14.2. The zero-order chi connectivity index (χ0) is 17.2. The fraction of sp³-hybridized carbons (Fsp3) is 0.684. The Labute approximate surface area is 147 Å². The molecule has 1 saturated carbocycles. The van der Waals surface area contributed by atoms with E-state index in [4.69, 9.17) is 18.9 Å².